The van der Waals surface area contributed by atoms with Gasteiger partial charge in [0.05, 0.1) is 11.2 Å². The fourth-order valence-corrected chi connectivity index (χ4v) is 7.58. The summed E-state index contributed by atoms with van der Waals surface area (Å²) in [6.07, 6.45) is 13.5. The van der Waals surface area contributed by atoms with Crippen molar-refractivity contribution in [1.82, 2.24) is 29.5 Å². The van der Waals surface area contributed by atoms with Gasteiger partial charge in [-0.25, -0.2) is 19.9 Å². The molecule has 10 rings (SSSR count). The molecule has 5 aromatic carbocycles. The van der Waals surface area contributed by atoms with Crippen LogP contribution in [0.25, 0.3) is 78.5 Å². The van der Waals surface area contributed by atoms with Crippen molar-refractivity contribution in [2.24, 2.45) is 0 Å². The highest BCUT2D eigenvalue weighted by molar-refractivity contribution is 6.00. The number of hydrogen-bond acceptors (Lipinski definition) is 5. The molecule has 0 radical (unpaired) electrons. The van der Waals surface area contributed by atoms with Crippen LogP contribution in [0.15, 0.2) is 188 Å². The molecular weight excluding hydrogens is 673 g/mol. The van der Waals surface area contributed by atoms with Gasteiger partial charge in [-0.2, -0.15) is 0 Å². The molecule has 9 aromatic rings. The highest BCUT2D eigenvalue weighted by atomic mass is 15.0. The molecule has 6 heteroatoms. The van der Waals surface area contributed by atoms with Gasteiger partial charge in [0.25, 0.3) is 0 Å². The Morgan fingerprint density at radius 3 is 1.95 bits per heavy atom. The summed E-state index contributed by atoms with van der Waals surface area (Å²) >= 11 is 0. The monoisotopic (exact) mass is 706 g/mol. The van der Waals surface area contributed by atoms with Crippen LogP contribution in [0.3, 0.4) is 0 Å². The van der Waals surface area contributed by atoms with Crippen LogP contribution in [0, 0.1) is 0 Å². The lowest BCUT2D eigenvalue weighted by atomic mass is 9.85. The summed E-state index contributed by atoms with van der Waals surface area (Å²) < 4.78 is 2.34. The van der Waals surface area contributed by atoms with Crippen molar-refractivity contribution in [3.8, 4) is 51.2 Å². The molecule has 1 unspecified atom stereocenters. The smallest absolute Gasteiger partial charge is 0.182 e. The highest BCUT2D eigenvalue weighted by Gasteiger charge is 2.22. The van der Waals surface area contributed by atoms with E-state index in [2.05, 4.69) is 125 Å². The zero-order chi connectivity index (χ0) is 36.6. The molecule has 0 saturated heterocycles. The van der Waals surface area contributed by atoms with Crippen molar-refractivity contribution in [1.29, 1.82) is 0 Å². The van der Waals surface area contributed by atoms with Crippen molar-refractivity contribution < 1.29 is 0 Å². The molecule has 0 bridgehead atoms. The number of pyridine rings is 2. The average molecular weight is 707 g/mol. The van der Waals surface area contributed by atoms with Gasteiger partial charge in [0.15, 0.2) is 17.5 Å². The van der Waals surface area contributed by atoms with Crippen molar-refractivity contribution in [3.05, 3.63) is 200 Å². The second kappa shape index (κ2) is 13.9. The van der Waals surface area contributed by atoms with E-state index in [1.54, 1.807) is 12.4 Å². The van der Waals surface area contributed by atoms with Gasteiger partial charge in [0.1, 0.15) is 5.69 Å². The van der Waals surface area contributed by atoms with E-state index in [4.69, 9.17) is 19.9 Å². The second-order valence-electron chi connectivity index (χ2n) is 13.8. The Balaban J connectivity index is 0.989. The van der Waals surface area contributed by atoms with Gasteiger partial charge in [0.2, 0.25) is 0 Å². The Hall–Kier alpha value is -7.31. The van der Waals surface area contributed by atoms with Crippen LogP contribution in [0.4, 0.5) is 0 Å². The first kappa shape index (κ1) is 32.3. The molecule has 1 aliphatic rings. The molecule has 0 aliphatic heterocycles. The summed E-state index contributed by atoms with van der Waals surface area (Å²) in [5.41, 5.74) is 10.5. The van der Waals surface area contributed by atoms with Crippen molar-refractivity contribution in [3.63, 3.8) is 0 Å². The van der Waals surface area contributed by atoms with E-state index in [1.165, 1.54) is 38.4 Å². The number of para-hydroxylation sites is 1. The van der Waals surface area contributed by atoms with Gasteiger partial charge in [-0.3, -0.25) is 4.98 Å². The molecule has 1 aliphatic carbocycles. The van der Waals surface area contributed by atoms with Crippen LogP contribution >= 0.6 is 0 Å². The fourth-order valence-electron chi connectivity index (χ4n) is 7.58. The van der Waals surface area contributed by atoms with Crippen LogP contribution in [0.5, 0.6) is 0 Å². The predicted molar refractivity (Wildman–Crippen MR) is 222 cm³/mol. The lowest BCUT2D eigenvalue weighted by molar-refractivity contribution is 0.870. The summed E-state index contributed by atoms with van der Waals surface area (Å²) in [6.45, 7) is 0. The van der Waals surface area contributed by atoms with Crippen LogP contribution < -0.4 is 0 Å². The molecule has 0 saturated carbocycles. The molecule has 0 amide bonds. The zero-order valence-electron chi connectivity index (χ0n) is 29.9. The molecule has 0 fully saturated rings. The summed E-state index contributed by atoms with van der Waals surface area (Å²) in [5.74, 6) is 1.91. The Morgan fingerprint density at radius 1 is 0.509 bits per heavy atom. The number of rotatable bonds is 7. The largest absolute Gasteiger partial charge is 0.316 e. The van der Waals surface area contributed by atoms with Crippen LogP contribution in [0.1, 0.15) is 23.5 Å². The molecule has 4 aromatic heterocycles. The van der Waals surface area contributed by atoms with Crippen LogP contribution in [0.2, 0.25) is 0 Å². The van der Waals surface area contributed by atoms with E-state index < -0.39 is 0 Å². The summed E-state index contributed by atoms with van der Waals surface area (Å²) in [7, 11) is 0. The fraction of sp³-hybridized carbons (Fsp3) is 0.0408. The summed E-state index contributed by atoms with van der Waals surface area (Å²) in [5, 5.41) is 3.78. The maximum absolute atomic E-state index is 5.12. The average Bonchev–Trinajstić information content (AvgIpc) is 3.65. The van der Waals surface area contributed by atoms with Gasteiger partial charge in [-0.15, -0.1) is 0 Å². The number of aromatic nitrogens is 6. The Kier molecular flexibility index (Phi) is 8.18. The van der Waals surface area contributed by atoms with Crippen molar-refractivity contribution in [2.45, 2.75) is 12.3 Å². The predicted octanol–water partition coefficient (Wildman–Crippen LogP) is 11.6. The van der Waals surface area contributed by atoms with Crippen LogP contribution in [-0.4, -0.2) is 29.5 Å². The standard InChI is InChI=1S/C49H34N6/c1-3-12-33(13-4-1)47-52-48(34-24-26-50-27-25-34)54-49(53-47)45-23-11-22-44(51-45)40-19-10-17-36(29-40)35-16-9-18-39(28-35)43-32-55(41-20-5-2-6-21-41)46-31-38-15-8-7-14-37(38)30-42(43)46/h1-27,29-32,39H,28H2. The number of fused-ring (bicyclic) bond motifs is 2. The number of benzene rings is 5. The maximum Gasteiger partial charge on any atom is 0.182 e. The Bertz CT molecular complexity index is 2840. The molecule has 260 valence electrons. The minimum atomic E-state index is 0.218. The SMILES string of the molecule is C1=CC(c2cn(-c3ccccc3)c3cc4ccccc4cc23)CC(c2cccc(-c3cccc(-c4nc(-c5ccccc5)nc(-c5ccncc5)n4)n3)c2)=C1. The lowest BCUT2D eigenvalue weighted by Crippen LogP contribution is -2.02. The van der Waals surface area contributed by atoms with Gasteiger partial charge >= 0.3 is 0 Å². The van der Waals surface area contributed by atoms with Crippen molar-refractivity contribution in [2.75, 3.05) is 0 Å². The molecular formula is C49H34N6. The van der Waals surface area contributed by atoms with Crippen LogP contribution in [-0.2, 0) is 0 Å². The highest BCUT2D eigenvalue weighted by Crippen LogP contribution is 2.40. The second-order valence-corrected chi connectivity index (χ2v) is 13.8. The summed E-state index contributed by atoms with van der Waals surface area (Å²) in [6, 6.07) is 52.5. The zero-order valence-corrected chi connectivity index (χ0v) is 29.9. The van der Waals surface area contributed by atoms with Crippen molar-refractivity contribution >= 4 is 27.2 Å². The third kappa shape index (κ3) is 6.30. The topological polar surface area (TPSA) is 69.4 Å². The number of nitrogens with zero attached hydrogens (tertiary/aromatic N) is 6. The van der Waals surface area contributed by atoms with E-state index in [0.717, 1.165) is 34.5 Å². The van der Waals surface area contributed by atoms with Gasteiger partial charge in [-0.05, 0) is 88.5 Å². The first-order valence-corrected chi connectivity index (χ1v) is 18.5. The third-order valence-electron chi connectivity index (χ3n) is 10.3. The van der Waals surface area contributed by atoms with E-state index in [-0.39, 0.29) is 5.92 Å². The van der Waals surface area contributed by atoms with E-state index in [1.807, 2.05) is 60.7 Å². The van der Waals surface area contributed by atoms with Gasteiger partial charge in [0, 0.05) is 52.3 Å². The molecule has 1 atom stereocenters. The molecule has 4 heterocycles. The van der Waals surface area contributed by atoms with E-state index >= 15 is 0 Å². The molecule has 0 spiro atoms. The molecule has 55 heavy (non-hydrogen) atoms. The van der Waals surface area contributed by atoms with E-state index in [0.29, 0.717) is 23.2 Å². The van der Waals surface area contributed by atoms with E-state index in [9.17, 15) is 0 Å². The minimum absolute atomic E-state index is 0.218. The Morgan fingerprint density at radius 2 is 1.15 bits per heavy atom. The number of hydrogen-bond donors (Lipinski definition) is 0. The Labute approximate surface area is 318 Å². The normalized spacial score (nSPS) is 14.0. The molecule has 6 nitrogen and oxygen atoms in total. The van der Waals surface area contributed by atoms with Gasteiger partial charge < -0.3 is 4.57 Å². The quantitative estimate of drug-likeness (QED) is 0.165. The summed E-state index contributed by atoms with van der Waals surface area (Å²) in [4.78, 5) is 23.9. The molecule has 0 N–H and O–H groups in total. The van der Waals surface area contributed by atoms with Gasteiger partial charge in [-0.1, -0.05) is 115 Å². The number of allylic oxidation sites excluding steroid dienone is 4. The minimum Gasteiger partial charge on any atom is -0.316 e. The third-order valence-corrected chi connectivity index (χ3v) is 10.3. The maximum atomic E-state index is 5.12. The first-order chi connectivity index (χ1) is 27.2. The first-order valence-electron chi connectivity index (χ1n) is 18.5. The lowest BCUT2D eigenvalue weighted by Gasteiger charge is -2.19.